The fourth-order valence-corrected chi connectivity index (χ4v) is 9.61. The van der Waals surface area contributed by atoms with Crippen molar-refractivity contribution in [2.75, 3.05) is 0 Å². The molecule has 0 saturated carbocycles. The van der Waals surface area contributed by atoms with E-state index in [9.17, 15) is 5.26 Å². The van der Waals surface area contributed by atoms with E-state index in [-0.39, 0.29) is 0 Å². The van der Waals surface area contributed by atoms with Crippen LogP contribution in [0.15, 0.2) is 200 Å². The molecule has 12 aromatic rings. The summed E-state index contributed by atoms with van der Waals surface area (Å²) in [7, 11) is 0. The highest BCUT2D eigenvalue weighted by Crippen LogP contribution is 2.42. The zero-order valence-electron chi connectivity index (χ0n) is 37.1. The van der Waals surface area contributed by atoms with Crippen LogP contribution in [0.25, 0.3) is 126 Å². The summed E-state index contributed by atoms with van der Waals surface area (Å²) >= 11 is 0. The highest BCUT2D eigenvalue weighted by molar-refractivity contribution is 6.12. The van der Waals surface area contributed by atoms with E-state index < -0.39 is 0 Å². The Morgan fingerprint density at radius 3 is 1.34 bits per heavy atom. The zero-order valence-corrected chi connectivity index (χ0v) is 37.1. The second-order valence-electron chi connectivity index (χ2n) is 16.8. The van der Waals surface area contributed by atoms with Gasteiger partial charge < -0.3 is 9.13 Å². The normalized spacial score (nSPS) is 11.1. The largest absolute Gasteiger partial charge is 0.309 e. The average molecular weight is 892 g/mol. The minimum absolute atomic E-state index is 0.339. The van der Waals surface area contributed by atoms with Crippen molar-refractivity contribution in [3.05, 3.63) is 240 Å². The van der Waals surface area contributed by atoms with Gasteiger partial charge in [-0.05, 0) is 89.0 Å². The molecule has 322 valence electrons. The van der Waals surface area contributed by atoms with Crippen LogP contribution >= 0.6 is 0 Å². The molecule has 70 heavy (non-hydrogen) atoms. The van der Waals surface area contributed by atoms with Gasteiger partial charge >= 0.3 is 0 Å². The van der Waals surface area contributed by atoms with Crippen molar-refractivity contribution in [2.45, 2.75) is 0 Å². The molecule has 12 rings (SSSR count). The summed E-state index contributed by atoms with van der Waals surface area (Å²) < 4.78 is 4.40. The van der Waals surface area contributed by atoms with Gasteiger partial charge in [-0.25, -0.2) is 29.5 Å². The Hall–Kier alpha value is -10.5. The predicted octanol–water partition coefficient (Wildman–Crippen LogP) is 15.9. The van der Waals surface area contributed by atoms with Crippen LogP contribution in [0.4, 0.5) is 17.1 Å². The SMILES string of the molecule is [C-]#[N+]c1cccc(-c2ccc3c4ccccc4n(-c4ccc(C#N)cc4-c4nc(-c5ccccc5)nc(-c5cc([N+]#[C-])ccc5-n5c6ccccc6c6ccc(-c7cccc([N+]#[C-])c7)cc65)n4)c3c2)c1. The summed E-state index contributed by atoms with van der Waals surface area (Å²) in [6.07, 6.45) is 0. The van der Waals surface area contributed by atoms with E-state index in [0.717, 1.165) is 82.8 Å². The standard InChI is InChI=1S/C61H33N9/c1-63-44-17-11-15-40(32-44)42-24-27-49-47-19-7-9-21-53(47)69(57(49)34-42)55-29-23-38(37-62)31-51(55)60-66-59(39-13-5-4-6-14-39)67-61(68-60)52-36-46(65-3)26-30-56(52)70-54-22-10-8-20-48(54)50-28-25-43(35-58(50)70)41-16-12-18-45(33-41)64-2/h4-36H. The lowest BCUT2D eigenvalue weighted by atomic mass is 10.0. The van der Waals surface area contributed by atoms with Crippen molar-refractivity contribution >= 4 is 60.7 Å². The highest BCUT2D eigenvalue weighted by Gasteiger charge is 2.23. The third kappa shape index (κ3) is 6.88. The Kier molecular flexibility index (Phi) is 9.82. The van der Waals surface area contributed by atoms with E-state index >= 15 is 0 Å². The van der Waals surface area contributed by atoms with Crippen LogP contribution in [-0.2, 0) is 0 Å². The molecular weight excluding hydrogens is 859 g/mol. The first kappa shape index (κ1) is 41.0. The van der Waals surface area contributed by atoms with Gasteiger partial charge in [0.05, 0.1) is 64.8 Å². The average Bonchev–Trinajstić information content (AvgIpc) is 3.94. The molecular formula is C61H33N9. The summed E-state index contributed by atoms with van der Waals surface area (Å²) in [6, 6.07) is 67.8. The summed E-state index contributed by atoms with van der Waals surface area (Å²) in [5, 5.41) is 14.6. The van der Waals surface area contributed by atoms with Gasteiger partial charge in [0.2, 0.25) is 0 Å². The molecule has 0 amide bonds. The minimum Gasteiger partial charge on any atom is -0.309 e. The topological polar surface area (TPSA) is 85.4 Å². The summed E-state index contributed by atoms with van der Waals surface area (Å²) in [6.45, 7) is 23.5. The highest BCUT2D eigenvalue weighted by atomic mass is 15.1. The van der Waals surface area contributed by atoms with Crippen molar-refractivity contribution in [3.8, 4) is 73.9 Å². The number of hydrogen-bond donors (Lipinski definition) is 0. The number of hydrogen-bond acceptors (Lipinski definition) is 4. The number of aromatic nitrogens is 5. The number of benzene rings is 9. The van der Waals surface area contributed by atoms with Gasteiger partial charge in [-0.1, -0.05) is 133 Å². The molecule has 0 bridgehead atoms. The Bertz CT molecular complexity index is 4050. The molecule has 0 radical (unpaired) electrons. The molecule has 9 heteroatoms. The molecule has 0 fully saturated rings. The van der Waals surface area contributed by atoms with Crippen molar-refractivity contribution in [2.24, 2.45) is 0 Å². The Morgan fingerprint density at radius 2 is 0.800 bits per heavy atom. The molecule has 9 nitrogen and oxygen atoms in total. The maximum absolute atomic E-state index is 10.5. The van der Waals surface area contributed by atoms with Crippen molar-refractivity contribution in [1.82, 2.24) is 24.1 Å². The van der Waals surface area contributed by atoms with Crippen molar-refractivity contribution in [3.63, 3.8) is 0 Å². The van der Waals surface area contributed by atoms with E-state index in [1.54, 1.807) is 6.07 Å². The molecule has 0 N–H and O–H groups in total. The maximum Gasteiger partial charge on any atom is 0.188 e. The molecule has 0 aliphatic rings. The monoisotopic (exact) mass is 891 g/mol. The van der Waals surface area contributed by atoms with Gasteiger partial charge in [-0.2, -0.15) is 5.26 Å². The first-order valence-corrected chi connectivity index (χ1v) is 22.4. The van der Waals surface area contributed by atoms with Gasteiger partial charge in [0.1, 0.15) is 0 Å². The Balaban J connectivity index is 1.13. The lowest BCUT2D eigenvalue weighted by Crippen LogP contribution is -2.06. The maximum atomic E-state index is 10.5. The summed E-state index contributed by atoms with van der Waals surface area (Å²) in [4.78, 5) is 27.1. The van der Waals surface area contributed by atoms with Gasteiger partial charge in [0, 0.05) is 38.2 Å². The van der Waals surface area contributed by atoms with Gasteiger partial charge in [0.15, 0.2) is 34.5 Å². The minimum atomic E-state index is 0.339. The van der Waals surface area contributed by atoms with E-state index in [1.807, 2.05) is 133 Å². The summed E-state index contributed by atoms with van der Waals surface area (Å²) in [5.41, 5.74) is 13.0. The second kappa shape index (κ2) is 16.8. The number of rotatable bonds is 7. The van der Waals surface area contributed by atoms with Gasteiger partial charge in [-0.15, -0.1) is 0 Å². The van der Waals surface area contributed by atoms with E-state index in [1.165, 1.54) is 0 Å². The van der Waals surface area contributed by atoms with Crippen LogP contribution in [0, 0.1) is 31.0 Å². The van der Waals surface area contributed by atoms with Crippen LogP contribution in [0.3, 0.4) is 0 Å². The van der Waals surface area contributed by atoms with E-state index in [0.29, 0.717) is 51.2 Å². The third-order valence-electron chi connectivity index (χ3n) is 12.8. The van der Waals surface area contributed by atoms with Gasteiger partial charge in [-0.3, -0.25) is 0 Å². The van der Waals surface area contributed by atoms with Crippen LogP contribution in [0.5, 0.6) is 0 Å². The predicted molar refractivity (Wildman–Crippen MR) is 279 cm³/mol. The lowest BCUT2D eigenvalue weighted by Gasteiger charge is -2.17. The molecule has 0 atom stereocenters. The molecule has 0 aliphatic heterocycles. The fourth-order valence-electron chi connectivity index (χ4n) is 9.61. The number of para-hydroxylation sites is 2. The van der Waals surface area contributed by atoms with E-state index in [2.05, 4.69) is 90.4 Å². The Morgan fingerprint density at radius 1 is 0.357 bits per heavy atom. The van der Waals surface area contributed by atoms with Gasteiger partial charge in [0.25, 0.3) is 0 Å². The molecule has 0 saturated heterocycles. The quantitative estimate of drug-likeness (QED) is 0.149. The van der Waals surface area contributed by atoms with Crippen molar-refractivity contribution < 1.29 is 0 Å². The van der Waals surface area contributed by atoms with Crippen LogP contribution in [-0.4, -0.2) is 24.1 Å². The van der Waals surface area contributed by atoms with Crippen molar-refractivity contribution in [1.29, 1.82) is 5.26 Å². The van der Waals surface area contributed by atoms with Crippen LogP contribution in [0.2, 0.25) is 0 Å². The number of fused-ring (bicyclic) bond motifs is 6. The first-order valence-electron chi connectivity index (χ1n) is 22.4. The van der Waals surface area contributed by atoms with Crippen LogP contribution in [0.1, 0.15) is 5.56 Å². The molecule has 3 aromatic heterocycles. The zero-order chi connectivity index (χ0) is 47.3. The molecule has 9 aromatic carbocycles. The smallest absolute Gasteiger partial charge is 0.188 e. The third-order valence-corrected chi connectivity index (χ3v) is 12.8. The second-order valence-corrected chi connectivity index (χ2v) is 16.8. The number of nitrogens with zero attached hydrogens (tertiary/aromatic N) is 9. The van der Waals surface area contributed by atoms with E-state index in [4.69, 9.17) is 34.7 Å². The summed E-state index contributed by atoms with van der Waals surface area (Å²) in [5.74, 6) is 1.10. The fraction of sp³-hybridized carbons (Fsp3) is 0. The van der Waals surface area contributed by atoms with Crippen LogP contribution < -0.4 is 0 Å². The Labute approximate surface area is 402 Å². The number of nitriles is 1. The molecule has 3 heterocycles. The lowest BCUT2D eigenvalue weighted by molar-refractivity contribution is 1.06. The molecule has 0 aliphatic carbocycles. The first-order chi connectivity index (χ1) is 34.5. The molecule has 0 spiro atoms. The molecule has 0 unspecified atom stereocenters.